The third-order valence-electron chi connectivity index (χ3n) is 5.35. The van der Waals surface area contributed by atoms with E-state index in [2.05, 4.69) is 11.4 Å². The van der Waals surface area contributed by atoms with E-state index in [1.165, 1.54) is 0 Å². The number of sulfonamides is 1. The molecule has 1 aliphatic rings. The zero-order valence-electron chi connectivity index (χ0n) is 18.5. The maximum absolute atomic E-state index is 12.9. The molecular formula is C23H30N2O5S. The number of amides is 1. The topological polar surface area (TPSA) is 84.9 Å². The number of rotatable bonds is 8. The average molecular weight is 447 g/mol. The van der Waals surface area contributed by atoms with Crippen molar-refractivity contribution in [2.45, 2.75) is 40.2 Å². The minimum atomic E-state index is -3.68. The third kappa shape index (κ3) is 5.31. The lowest BCUT2D eigenvalue weighted by atomic mass is 9.97. The number of hydrogen-bond acceptors (Lipinski definition) is 5. The fraction of sp³-hybridized carbons (Fsp3) is 0.435. The SMILES string of the molecule is CC[C@@H](NC(=O)CN(c1ccc2c(c1)OCCO2)S(=O)(=O)CC)c1ccc(C)cc1C. The molecule has 0 saturated carbocycles. The van der Waals surface area contributed by atoms with Crippen LogP contribution in [-0.2, 0) is 14.8 Å². The standard InChI is InChI=1S/C23H30N2O5S/c1-5-20(19-9-7-16(3)13-17(19)4)24-23(26)15-25(31(27,28)6-2)18-8-10-21-22(14-18)30-12-11-29-21/h7-10,13-14,20H,5-6,11-12,15H2,1-4H3,(H,24,26)/t20-/m1/s1. The van der Waals surface area contributed by atoms with Gasteiger partial charge >= 0.3 is 0 Å². The van der Waals surface area contributed by atoms with Crippen molar-refractivity contribution in [3.63, 3.8) is 0 Å². The number of carbonyl (C=O) groups is 1. The van der Waals surface area contributed by atoms with Gasteiger partial charge in [-0.2, -0.15) is 0 Å². The van der Waals surface area contributed by atoms with Crippen molar-refractivity contribution in [1.82, 2.24) is 5.32 Å². The van der Waals surface area contributed by atoms with Gasteiger partial charge in [-0.05, 0) is 50.5 Å². The van der Waals surface area contributed by atoms with Gasteiger partial charge in [-0.25, -0.2) is 8.42 Å². The Morgan fingerprint density at radius 1 is 1.06 bits per heavy atom. The van der Waals surface area contributed by atoms with E-state index >= 15 is 0 Å². The van der Waals surface area contributed by atoms with Crippen LogP contribution in [0.5, 0.6) is 11.5 Å². The number of carbonyl (C=O) groups excluding carboxylic acids is 1. The Balaban J connectivity index is 1.83. The molecule has 0 spiro atoms. The summed E-state index contributed by atoms with van der Waals surface area (Å²) in [5.74, 6) is 0.554. The van der Waals surface area contributed by atoms with E-state index in [1.807, 2.05) is 32.9 Å². The monoisotopic (exact) mass is 446 g/mol. The van der Waals surface area contributed by atoms with Gasteiger partial charge in [0.05, 0.1) is 17.5 Å². The molecule has 0 aliphatic carbocycles. The molecule has 0 fully saturated rings. The molecule has 0 unspecified atom stereocenters. The largest absolute Gasteiger partial charge is 0.486 e. The molecule has 1 atom stereocenters. The van der Waals surface area contributed by atoms with Gasteiger partial charge in [0.2, 0.25) is 15.9 Å². The minimum Gasteiger partial charge on any atom is -0.486 e. The highest BCUT2D eigenvalue weighted by Crippen LogP contribution is 2.35. The van der Waals surface area contributed by atoms with Gasteiger partial charge < -0.3 is 14.8 Å². The van der Waals surface area contributed by atoms with Gasteiger partial charge in [0.25, 0.3) is 0 Å². The highest BCUT2D eigenvalue weighted by molar-refractivity contribution is 7.92. The predicted molar refractivity (Wildman–Crippen MR) is 121 cm³/mol. The third-order valence-corrected chi connectivity index (χ3v) is 7.09. The minimum absolute atomic E-state index is 0.122. The summed E-state index contributed by atoms with van der Waals surface area (Å²) in [4.78, 5) is 12.9. The second kappa shape index (κ2) is 9.60. The first-order chi connectivity index (χ1) is 14.7. The Morgan fingerprint density at radius 3 is 2.42 bits per heavy atom. The molecule has 31 heavy (non-hydrogen) atoms. The lowest BCUT2D eigenvalue weighted by Crippen LogP contribution is -2.42. The number of fused-ring (bicyclic) bond motifs is 1. The molecule has 8 heteroatoms. The molecule has 1 aliphatic heterocycles. The Labute approximate surface area is 184 Å². The van der Waals surface area contributed by atoms with E-state index in [9.17, 15) is 13.2 Å². The van der Waals surface area contributed by atoms with E-state index in [0.29, 0.717) is 36.8 Å². The Kier molecular flexibility index (Phi) is 7.10. The molecule has 7 nitrogen and oxygen atoms in total. The zero-order valence-corrected chi connectivity index (χ0v) is 19.3. The number of nitrogens with one attached hydrogen (secondary N) is 1. The maximum atomic E-state index is 12.9. The smallest absolute Gasteiger partial charge is 0.241 e. The second-order valence-electron chi connectivity index (χ2n) is 7.62. The van der Waals surface area contributed by atoms with Crippen molar-refractivity contribution in [2.24, 2.45) is 0 Å². The number of aryl methyl sites for hydroxylation is 2. The molecule has 2 aromatic carbocycles. The van der Waals surface area contributed by atoms with Crippen LogP contribution < -0.4 is 19.1 Å². The summed E-state index contributed by atoms with van der Waals surface area (Å²) in [5, 5.41) is 3.00. The summed E-state index contributed by atoms with van der Waals surface area (Å²) in [6.07, 6.45) is 0.695. The van der Waals surface area contributed by atoms with Gasteiger partial charge in [0, 0.05) is 6.07 Å². The number of nitrogens with zero attached hydrogens (tertiary/aromatic N) is 1. The zero-order chi connectivity index (χ0) is 22.6. The average Bonchev–Trinajstić information content (AvgIpc) is 2.75. The van der Waals surface area contributed by atoms with Crippen molar-refractivity contribution < 1.29 is 22.7 Å². The predicted octanol–water partition coefficient (Wildman–Crippen LogP) is 3.50. The molecule has 0 bridgehead atoms. The van der Waals surface area contributed by atoms with Gasteiger partial charge in [-0.15, -0.1) is 0 Å². The summed E-state index contributed by atoms with van der Waals surface area (Å²) in [7, 11) is -3.68. The van der Waals surface area contributed by atoms with Crippen molar-refractivity contribution >= 4 is 21.6 Å². The van der Waals surface area contributed by atoms with Crippen LogP contribution in [0, 0.1) is 13.8 Å². The molecule has 3 rings (SSSR count). The van der Waals surface area contributed by atoms with Crippen molar-refractivity contribution in [2.75, 3.05) is 29.8 Å². The lowest BCUT2D eigenvalue weighted by Gasteiger charge is -2.27. The fourth-order valence-corrected chi connectivity index (χ4v) is 4.74. The molecule has 1 N–H and O–H groups in total. The van der Waals surface area contributed by atoms with Crippen LogP contribution in [0.2, 0.25) is 0 Å². The molecule has 0 radical (unpaired) electrons. The van der Waals surface area contributed by atoms with Gasteiger partial charge in [0.15, 0.2) is 11.5 Å². The van der Waals surface area contributed by atoms with Crippen LogP contribution in [0.1, 0.15) is 43.0 Å². The van der Waals surface area contributed by atoms with E-state index < -0.39 is 10.0 Å². The highest BCUT2D eigenvalue weighted by atomic mass is 32.2. The second-order valence-corrected chi connectivity index (χ2v) is 9.81. The van der Waals surface area contributed by atoms with Crippen molar-refractivity contribution in [3.05, 3.63) is 53.1 Å². The number of benzene rings is 2. The number of ether oxygens (including phenoxy) is 2. The Morgan fingerprint density at radius 2 is 1.77 bits per heavy atom. The van der Waals surface area contributed by atoms with E-state index in [-0.39, 0.29) is 24.2 Å². The summed E-state index contributed by atoms with van der Waals surface area (Å²) < 4.78 is 37.8. The normalized spacial score (nSPS) is 14.1. The summed E-state index contributed by atoms with van der Waals surface area (Å²) in [5.41, 5.74) is 3.66. The first-order valence-corrected chi connectivity index (χ1v) is 12.1. The summed E-state index contributed by atoms with van der Waals surface area (Å²) in [6.45, 7) is 8.12. The van der Waals surface area contributed by atoms with Crippen LogP contribution in [0.4, 0.5) is 5.69 Å². The van der Waals surface area contributed by atoms with Crippen molar-refractivity contribution in [3.8, 4) is 11.5 Å². The van der Waals surface area contributed by atoms with E-state index in [0.717, 1.165) is 21.0 Å². The number of anilines is 1. The van der Waals surface area contributed by atoms with Crippen LogP contribution in [0.25, 0.3) is 0 Å². The lowest BCUT2D eigenvalue weighted by molar-refractivity contribution is -0.120. The highest BCUT2D eigenvalue weighted by Gasteiger charge is 2.26. The summed E-state index contributed by atoms with van der Waals surface area (Å²) in [6, 6.07) is 10.8. The van der Waals surface area contributed by atoms with Gasteiger partial charge in [-0.1, -0.05) is 30.7 Å². The first kappa shape index (κ1) is 22.9. The molecule has 2 aromatic rings. The van der Waals surface area contributed by atoms with Crippen molar-refractivity contribution in [1.29, 1.82) is 0 Å². The van der Waals surface area contributed by atoms with Crippen LogP contribution in [-0.4, -0.2) is 39.8 Å². The summed E-state index contributed by atoms with van der Waals surface area (Å²) >= 11 is 0. The molecule has 168 valence electrons. The quantitative estimate of drug-likeness (QED) is 0.671. The van der Waals surface area contributed by atoms with Crippen LogP contribution in [0.15, 0.2) is 36.4 Å². The fourth-order valence-electron chi connectivity index (χ4n) is 3.68. The van der Waals surface area contributed by atoms with E-state index in [4.69, 9.17) is 9.47 Å². The van der Waals surface area contributed by atoms with Gasteiger partial charge in [-0.3, -0.25) is 9.10 Å². The molecule has 0 saturated heterocycles. The first-order valence-electron chi connectivity index (χ1n) is 10.5. The van der Waals surface area contributed by atoms with Crippen LogP contribution in [0.3, 0.4) is 0 Å². The molecule has 1 heterocycles. The molecule has 1 amide bonds. The number of hydrogen-bond donors (Lipinski definition) is 1. The maximum Gasteiger partial charge on any atom is 0.241 e. The van der Waals surface area contributed by atoms with Gasteiger partial charge in [0.1, 0.15) is 19.8 Å². The van der Waals surface area contributed by atoms with E-state index in [1.54, 1.807) is 25.1 Å². The molecule has 0 aromatic heterocycles. The Bertz CT molecular complexity index is 1050. The Hall–Kier alpha value is -2.74. The van der Waals surface area contributed by atoms with Crippen LogP contribution >= 0.6 is 0 Å². The molecular weight excluding hydrogens is 416 g/mol.